The van der Waals surface area contributed by atoms with E-state index >= 15 is 0 Å². The number of allylic oxidation sites excluding steroid dienone is 1. The predicted octanol–water partition coefficient (Wildman–Crippen LogP) is 1.07. The van der Waals surface area contributed by atoms with E-state index in [-0.39, 0.29) is 5.12 Å². The van der Waals surface area contributed by atoms with Gasteiger partial charge >= 0.3 is 0 Å². The fraction of sp³-hybridized carbons (Fsp3) is 0.467. The molecule has 0 aromatic carbocycles. The number of hydrogen-bond acceptors (Lipinski definition) is 6. The molecule has 0 aliphatic heterocycles. The molecule has 122 valence electrons. The van der Waals surface area contributed by atoms with Crippen LogP contribution in [0.25, 0.3) is 0 Å². The zero-order valence-corrected chi connectivity index (χ0v) is 13.8. The van der Waals surface area contributed by atoms with Gasteiger partial charge in [-0.15, -0.1) is 0 Å². The molecule has 7 heteroatoms. The van der Waals surface area contributed by atoms with Gasteiger partial charge in [0.15, 0.2) is 17.5 Å². The summed E-state index contributed by atoms with van der Waals surface area (Å²) >= 11 is 1.26. The largest absolute Gasteiger partial charge is 0.493 e. The van der Waals surface area contributed by atoms with Gasteiger partial charge in [-0.05, 0) is 6.42 Å². The smallest absolute Gasteiger partial charge is 0.192 e. The number of aromatic nitrogens is 1. The number of thioether (sulfide) groups is 1. The number of hydrazine groups is 1. The zero-order valence-electron chi connectivity index (χ0n) is 13.0. The van der Waals surface area contributed by atoms with Crippen LogP contribution in [-0.2, 0) is 11.3 Å². The first kappa shape index (κ1) is 18.3. The van der Waals surface area contributed by atoms with Crippen LogP contribution in [0.4, 0.5) is 0 Å². The maximum atomic E-state index is 11.7. The minimum atomic E-state index is 0.102. The Hall–Kier alpha value is -1.73. The lowest BCUT2D eigenvalue weighted by Crippen LogP contribution is -2.31. The summed E-state index contributed by atoms with van der Waals surface area (Å²) in [4.78, 5) is 11.7. The minimum Gasteiger partial charge on any atom is -0.493 e. The van der Waals surface area contributed by atoms with Crippen LogP contribution in [0, 0.1) is 0 Å². The molecule has 1 heterocycles. The van der Waals surface area contributed by atoms with Gasteiger partial charge in [0, 0.05) is 36.2 Å². The molecule has 0 fully saturated rings. The number of aryl methyl sites for hydroxylation is 1. The molecule has 1 aromatic heterocycles. The SMILES string of the molecule is CCC[n+]1ccc(OCCC(=O)SCC/C(N)=C/NN)cc1. The van der Waals surface area contributed by atoms with Crippen molar-refractivity contribution in [2.24, 2.45) is 11.6 Å². The van der Waals surface area contributed by atoms with Crippen molar-refractivity contribution in [3.05, 3.63) is 36.4 Å². The number of carbonyl (C=O) groups excluding carboxylic acids is 1. The Morgan fingerprint density at radius 1 is 1.41 bits per heavy atom. The van der Waals surface area contributed by atoms with Gasteiger partial charge in [0.1, 0.15) is 12.3 Å². The Morgan fingerprint density at radius 3 is 2.77 bits per heavy atom. The van der Waals surface area contributed by atoms with E-state index in [1.165, 1.54) is 18.0 Å². The Morgan fingerprint density at radius 2 is 2.14 bits per heavy atom. The van der Waals surface area contributed by atoms with Crippen molar-refractivity contribution in [1.82, 2.24) is 5.43 Å². The molecule has 0 saturated heterocycles. The third-order valence-electron chi connectivity index (χ3n) is 2.84. The molecule has 5 N–H and O–H groups in total. The molecule has 1 aromatic rings. The van der Waals surface area contributed by atoms with Gasteiger partial charge < -0.3 is 15.9 Å². The number of nitrogens with zero attached hydrogens (tertiary/aromatic N) is 1. The fourth-order valence-electron chi connectivity index (χ4n) is 1.73. The van der Waals surface area contributed by atoms with Crippen LogP contribution in [0.2, 0.25) is 0 Å². The molecular formula is C15H25N4O2S+. The molecule has 0 saturated carbocycles. The molecule has 0 aliphatic carbocycles. The van der Waals surface area contributed by atoms with E-state index < -0.39 is 0 Å². The summed E-state index contributed by atoms with van der Waals surface area (Å²) in [5.74, 6) is 6.54. The second-order valence-corrected chi connectivity index (χ2v) is 5.88. The summed E-state index contributed by atoms with van der Waals surface area (Å²) in [7, 11) is 0. The number of carbonyl (C=O) groups is 1. The van der Waals surface area contributed by atoms with Gasteiger partial charge in [0.2, 0.25) is 0 Å². The highest BCUT2D eigenvalue weighted by Crippen LogP contribution is 2.11. The second kappa shape index (κ2) is 10.9. The van der Waals surface area contributed by atoms with Crippen LogP contribution >= 0.6 is 11.8 Å². The van der Waals surface area contributed by atoms with Gasteiger partial charge in [0.25, 0.3) is 0 Å². The minimum absolute atomic E-state index is 0.102. The first-order valence-electron chi connectivity index (χ1n) is 7.34. The van der Waals surface area contributed by atoms with Crippen molar-refractivity contribution in [3.8, 4) is 5.75 Å². The maximum Gasteiger partial charge on any atom is 0.192 e. The molecule has 6 nitrogen and oxygen atoms in total. The third-order valence-corrected chi connectivity index (χ3v) is 3.77. The molecule has 0 radical (unpaired) electrons. The predicted molar refractivity (Wildman–Crippen MR) is 88.7 cm³/mol. The van der Waals surface area contributed by atoms with E-state index in [9.17, 15) is 4.79 Å². The van der Waals surface area contributed by atoms with E-state index in [0.717, 1.165) is 18.7 Å². The normalized spacial score (nSPS) is 11.3. The number of hydrogen-bond donors (Lipinski definition) is 3. The lowest BCUT2D eigenvalue weighted by Gasteiger charge is -2.05. The van der Waals surface area contributed by atoms with Crippen molar-refractivity contribution in [1.29, 1.82) is 0 Å². The van der Waals surface area contributed by atoms with Crippen LogP contribution in [-0.4, -0.2) is 17.5 Å². The Labute approximate surface area is 135 Å². The topological polar surface area (TPSA) is 94.2 Å². The first-order chi connectivity index (χ1) is 10.7. The van der Waals surface area contributed by atoms with E-state index in [0.29, 0.717) is 30.9 Å². The molecule has 0 aliphatic rings. The number of pyridine rings is 1. The summed E-state index contributed by atoms with van der Waals surface area (Å²) in [6.07, 6.45) is 7.59. The number of nitrogens with one attached hydrogen (secondary N) is 1. The van der Waals surface area contributed by atoms with Crippen molar-refractivity contribution in [2.75, 3.05) is 12.4 Å². The van der Waals surface area contributed by atoms with E-state index in [4.69, 9.17) is 16.3 Å². The lowest BCUT2D eigenvalue weighted by molar-refractivity contribution is -0.697. The third kappa shape index (κ3) is 7.90. The van der Waals surface area contributed by atoms with E-state index in [1.54, 1.807) is 0 Å². The summed E-state index contributed by atoms with van der Waals surface area (Å²) in [6, 6.07) is 3.83. The molecule has 0 unspecified atom stereocenters. The monoisotopic (exact) mass is 325 g/mol. The van der Waals surface area contributed by atoms with Crippen LogP contribution in [0.5, 0.6) is 5.75 Å². The van der Waals surface area contributed by atoms with E-state index in [2.05, 4.69) is 16.9 Å². The Balaban J connectivity index is 2.17. The standard InChI is InChI=1S/C15H25N4O2S/c1-2-7-19-8-3-14(4-9-19)21-10-5-15(20)22-11-6-13(16)12-18-17/h3-4,8-9,12,18H,2,5-7,10-11,16-17H2,1H3/q+1/b13-12-. The van der Waals surface area contributed by atoms with Crippen LogP contribution in [0.1, 0.15) is 26.2 Å². The summed E-state index contributed by atoms with van der Waals surface area (Å²) in [5.41, 5.74) is 8.64. The van der Waals surface area contributed by atoms with Crippen molar-refractivity contribution in [2.45, 2.75) is 32.7 Å². The molecule has 0 spiro atoms. The van der Waals surface area contributed by atoms with Gasteiger partial charge in [-0.3, -0.25) is 10.6 Å². The molecule has 0 atom stereocenters. The highest BCUT2D eigenvalue weighted by atomic mass is 32.2. The van der Waals surface area contributed by atoms with E-state index in [1.807, 2.05) is 24.5 Å². The Kier molecular flexibility index (Phi) is 9.09. The maximum absolute atomic E-state index is 11.7. The first-order valence-corrected chi connectivity index (χ1v) is 8.32. The molecule has 0 bridgehead atoms. The van der Waals surface area contributed by atoms with Gasteiger partial charge in [-0.1, -0.05) is 18.7 Å². The van der Waals surface area contributed by atoms with Crippen LogP contribution in [0.3, 0.4) is 0 Å². The molecule has 1 rings (SSSR count). The van der Waals surface area contributed by atoms with Gasteiger partial charge in [-0.2, -0.15) is 0 Å². The quantitative estimate of drug-likeness (QED) is 0.338. The second-order valence-electron chi connectivity index (χ2n) is 4.73. The number of ether oxygens (including phenoxy) is 1. The molecule has 22 heavy (non-hydrogen) atoms. The number of rotatable bonds is 10. The zero-order chi connectivity index (χ0) is 16.2. The highest BCUT2D eigenvalue weighted by Gasteiger charge is 2.05. The average molecular weight is 325 g/mol. The summed E-state index contributed by atoms with van der Waals surface area (Å²) < 4.78 is 7.66. The van der Waals surface area contributed by atoms with Gasteiger partial charge in [-0.25, -0.2) is 4.57 Å². The van der Waals surface area contributed by atoms with Gasteiger partial charge in [0.05, 0.1) is 13.0 Å². The average Bonchev–Trinajstić information content (AvgIpc) is 2.49. The fourth-order valence-corrected chi connectivity index (χ4v) is 2.53. The number of nitrogens with two attached hydrogens (primary N) is 2. The van der Waals surface area contributed by atoms with Crippen LogP contribution < -0.4 is 26.3 Å². The summed E-state index contributed by atoms with van der Waals surface area (Å²) in [6.45, 7) is 3.52. The van der Waals surface area contributed by atoms with Crippen molar-refractivity contribution < 1.29 is 14.1 Å². The summed E-state index contributed by atoms with van der Waals surface area (Å²) in [5, 5.41) is 0.102. The van der Waals surface area contributed by atoms with Crippen LogP contribution in [0.15, 0.2) is 36.4 Å². The highest BCUT2D eigenvalue weighted by molar-refractivity contribution is 8.13. The van der Waals surface area contributed by atoms with Crippen molar-refractivity contribution in [3.63, 3.8) is 0 Å². The van der Waals surface area contributed by atoms with Crippen molar-refractivity contribution >= 4 is 16.9 Å². The molecule has 0 amide bonds. The molecular weight excluding hydrogens is 300 g/mol. The lowest BCUT2D eigenvalue weighted by atomic mass is 10.4. The Bertz CT molecular complexity index is 477.